The van der Waals surface area contributed by atoms with Crippen molar-refractivity contribution >= 4 is 46.5 Å². The molecule has 16 nitrogen and oxygen atoms in total. The second kappa shape index (κ2) is 17.2. The van der Waals surface area contributed by atoms with Gasteiger partial charge in [0.1, 0.15) is 23.9 Å². The second-order valence-electron chi connectivity index (χ2n) is 10.9. The third-order valence-corrected chi connectivity index (χ3v) is 7.30. The number of carbonyl (C=O) groups excluding carboxylic acids is 3. The molecule has 0 aliphatic heterocycles. The first-order chi connectivity index (χ1) is 22.3. The number of benzene rings is 2. The van der Waals surface area contributed by atoms with E-state index >= 15 is 0 Å². The number of aliphatic imine (C=N–C) groups is 1. The number of hydrogen-bond acceptors (Lipinski definition) is 8. The monoisotopic (exact) mass is 652 g/mol. The lowest BCUT2D eigenvalue weighted by molar-refractivity contribution is -0.143. The van der Waals surface area contributed by atoms with E-state index in [9.17, 15) is 34.2 Å². The number of aliphatic carboxylic acids is 2. The second-order valence-corrected chi connectivity index (χ2v) is 10.9. The third kappa shape index (κ3) is 11.3. The van der Waals surface area contributed by atoms with E-state index in [1.165, 1.54) is 12.1 Å². The van der Waals surface area contributed by atoms with Crippen LogP contribution < -0.4 is 33.2 Å². The molecule has 0 spiro atoms. The van der Waals surface area contributed by atoms with Crippen molar-refractivity contribution in [3.63, 3.8) is 0 Å². The van der Waals surface area contributed by atoms with Gasteiger partial charge < -0.3 is 53.5 Å². The van der Waals surface area contributed by atoms with E-state index in [1.54, 1.807) is 18.3 Å². The minimum absolute atomic E-state index is 0.00617. The molecule has 0 aliphatic rings. The summed E-state index contributed by atoms with van der Waals surface area (Å²) >= 11 is 0. The van der Waals surface area contributed by atoms with Gasteiger partial charge >= 0.3 is 11.9 Å². The first-order valence-corrected chi connectivity index (χ1v) is 14.8. The predicted molar refractivity (Wildman–Crippen MR) is 172 cm³/mol. The maximum absolute atomic E-state index is 13.8. The zero-order valence-corrected chi connectivity index (χ0v) is 25.5. The molecule has 47 heavy (non-hydrogen) atoms. The maximum Gasteiger partial charge on any atom is 0.326 e. The number of rotatable bonds is 18. The molecule has 3 aromatic rings. The van der Waals surface area contributed by atoms with Crippen molar-refractivity contribution in [2.45, 2.75) is 62.7 Å². The number of carboxylic acids is 2. The summed E-state index contributed by atoms with van der Waals surface area (Å²) in [6.45, 7) is 0.102. The Labute approximate surface area is 269 Å². The van der Waals surface area contributed by atoms with Crippen LogP contribution in [0.1, 0.15) is 36.8 Å². The number of phenolic OH excluding ortho intramolecular Hbond substituents is 1. The highest BCUT2D eigenvalue weighted by Crippen LogP contribution is 2.20. The molecule has 1 heterocycles. The molecule has 0 saturated carbocycles. The topological polar surface area (TPSA) is 288 Å². The number of fused-ring (bicyclic) bond motifs is 1. The van der Waals surface area contributed by atoms with Crippen molar-refractivity contribution in [3.8, 4) is 5.75 Å². The number of carboxylic acid groups (broad SMARTS) is 2. The largest absolute Gasteiger partial charge is 0.508 e. The molecule has 0 fully saturated rings. The van der Waals surface area contributed by atoms with Gasteiger partial charge in [-0.15, -0.1) is 0 Å². The van der Waals surface area contributed by atoms with E-state index in [0.29, 0.717) is 11.1 Å². The number of carbonyl (C=O) groups is 5. The van der Waals surface area contributed by atoms with Crippen LogP contribution in [0.25, 0.3) is 10.9 Å². The summed E-state index contributed by atoms with van der Waals surface area (Å²) in [5.74, 6) is -5.09. The van der Waals surface area contributed by atoms with Gasteiger partial charge in [0.05, 0.1) is 6.04 Å². The van der Waals surface area contributed by atoms with Crippen molar-refractivity contribution < 1.29 is 39.3 Å². The van der Waals surface area contributed by atoms with E-state index in [2.05, 4.69) is 25.9 Å². The first kappa shape index (κ1) is 35.8. The van der Waals surface area contributed by atoms with Crippen LogP contribution >= 0.6 is 0 Å². The van der Waals surface area contributed by atoms with Gasteiger partial charge in [-0.1, -0.05) is 30.3 Å². The molecular formula is C31H40N8O8. The van der Waals surface area contributed by atoms with Gasteiger partial charge in [0.25, 0.3) is 0 Å². The molecular weight excluding hydrogens is 612 g/mol. The number of H-pyrrole nitrogens is 1. The minimum Gasteiger partial charge on any atom is -0.508 e. The van der Waals surface area contributed by atoms with Crippen LogP contribution in [-0.2, 0) is 36.8 Å². The van der Waals surface area contributed by atoms with Gasteiger partial charge in [0.2, 0.25) is 17.7 Å². The number of aromatic hydroxyl groups is 1. The quantitative estimate of drug-likeness (QED) is 0.0472. The van der Waals surface area contributed by atoms with Crippen LogP contribution in [-0.4, -0.2) is 86.6 Å². The van der Waals surface area contributed by atoms with Gasteiger partial charge in [-0.05, 0) is 55.0 Å². The number of hydrogen-bond donors (Lipinski definition) is 10. The summed E-state index contributed by atoms with van der Waals surface area (Å²) in [4.78, 5) is 70.1. The molecule has 13 N–H and O–H groups in total. The Bertz CT molecular complexity index is 1590. The molecule has 1 aromatic heterocycles. The van der Waals surface area contributed by atoms with Crippen LogP contribution in [0.3, 0.4) is 0 Å². The number of amides is 3. The molecule has 4 unspecified atom stereocenters. The van der Waals surface area contributed by atoms with Crippen LogP contribution in [0, 0.1) is 0 Å². The van der Waals surface area contributed by atoms with Gasteiger partial charge in [-0.3, -0.25) is 24.2 Å². The van der Waals surface area contributed by atoms with E-state index in [1.807, 2.05) is 24.3 Å². The Kier molecular flexibility index (Phi) is 13.1. The van der Waals surface area contributed by atoms with Crippen LogP contribution in [0.2, 0.25) is 0 Å². The fourth-order valence-electron chi connectivity index (χ4n) is 4.83. The first-order valence-electron chi connectivity index (χ1n) is 14.8. The number of guanidine groups is 1. The summed E-state index contributed by atoms with van der Waals surface area (Å²) in [6.07, 6.45) is 1.11. The summed E-state index contributed by atoms with van der Waals surface area (Å²) in [7, 11) is 0. The Balaban J connectivity index is 1.85. The van der Waals surface area contributed by atoms with Gasteiger partial charge in [0.15, 0.2) is 5.96 Å². The zero-order valence-electron chi connectivity index (χ0n) is 25.5. The molecule has 4 atom stereocenters. The van der Waals surface area contributed by atoms with Crippen molar-refractivity contribution in [2.24, 2.45) is 22.2 Å². The molecule has 2 aromatic carbocycles. The highest BCUT2D eigenvalue weighted by atomic mass is 16.4. The average molecular weight is 653 g/mol. The fourth-order valence-corrected chi connectivity index (χ4v) is 4.83. The molecule has 16 heteroatoms. The van der Waals surface area contributed by atoms with Crippen LogP contribution in [0.4, 0.5) is 0 Å². The van der Waals surface area contributed by atoms with Gasteiger partial charge in [0, 0.05) is 36.5 Å². The number of nitrogens with zero attached hydrogens (tertiary/aromatic N) is 1. The molecule has 3 amide bonds. The number of nitrogens with two attached hydrogens (primary N) is 3. The SMILES string of the molecule is NC(N)=NCCCC(NC(=O)C(Cc1c[nH]c2ccccc12)NC(=O)C(N)Cc1ccc(O)cc1)C(=O)NC(CCC(=O)O)C(=O)O. The standard InChI is InChI=1S/C31H40N8O8/c32-21(14-17-7-9-19(40)10-8-17)27(43)39-25(15-18-16-36-22-5-2-1-4-20(18)22)29(45)37-23(6-3-13-35-31(33)34)28(44)38-24(30(46)47)11-12-26(41)42/h1-2,4-5,7-10,16,21,23-25,36,40H,3,6,11-15,32H2,(H,37,45)(H,38,44)(H,39,43)(H,41,42)(H,46,47)(H4,33,34,35). The lowest BCUT2D eigenvalue weighted by atomic mass is 10.0. The lowest BCUT2D eigenvalue weighted by Crippen LogP contribution is -2.57. The van der Waals surface area contributed by atoms with Crippen molar-refractivity contribution in [2.75, 3.05) is 6.54 Å². The normalized spacial score (nSPS) is 13.5. The number of aromatic amines is 1. The van der Waals surface area contributed by atoms with E-state index in [0.717, 1.165) is 10.9 Å². The van der Waals surface area contributed by atoms with E-state index in [-0.39, 0.29) is 50.4 Å². The Morgan fingerprint density at radius 3 is 2.11 bits per heavy atom. The average Bonchev–Trinajstić information content (AvgIpc) is 3.43. The number of nitrogens with one attached hydrogen (secondary N) is 4. The van der Waals surface area contributed by atoms with Gasteiger partial charge in [-0.25, -0.2) is 4.79 Å². The minimum atomic E-state index is -1.53. The Hall–Kier alpha value is -5.64. The van der Waals surface area contributed by atoms with E-state index in [4.69, 9.17) is 22.3 Å². The Morgan fingerprint density at radius 2 is 1.45 bits per heavy atom. The molecule has 0 saturated heterocycles. The molecule has 0 bridgehead atoms. The highest BCUT2D eigenvalue weighted by molar-refractivity contribution is 5.95. The highest BCUT2D eigenvalue weighted by Gasteiger charge is 2.31. The van der Waals surface area contributed by atoms with Crippen molar-refractivity contribution in [3.05, 3.63) is 65.9 Å². The van der Waals surface area contributed by atoms with E-state index < -0.39 is 60.2 Å². The number of aromatic nitrogens is 1. The maximum atomic E-state index is 13.8. The molecule has 0 aliphatic carbocycles. The third-order valence-electron chi connectivity index (χ3n) is 7.30. The lowest BCUT2D eigenvalue weighted by Gasteiger charge is -2.25. The van der Waals surface area contributed by atoms with Gasteiger partial charge in [-0.2, -0.15) is 0 Å². The predicted octanol–water partition coefficient (Wildman–Crippen LogP) is -0.557. The zero-order chi connectivity index (χ0) is 34.5. The smallest absolute Gasteiger partial charge is 0.326 e. The summed E-state index contributed by atoms with van der Waals surface area (Å²) in [5.41, 5.74) is 19.1. The molecule has 0 radical (unpaired) electrons. The van der Waals surface area contributed by atoms with Crippen LogP contribution in [0.5, 0.6) is 5.75 Å². The van der Waals surface area contributed by atoms with Crippen LogP contribution in [0.15, 0.2) is 59.7 Å². The number of phenols is 1. The fraction of sp³-hybridized carbons (Fsp3) is 0.355. The molecule has 252 valence electrons. The Morgan fingerprint density at radius 1 is 0.809 bits per heavy atom. The number of para-hydroxylation sites is 1. The summed E-state index contributed by atoms with van der Waals surface area (Å²) in [5, 5.41) is 36.5. The summed E-state index contributed by atoms with van der Waals surface area (Å²) in [6, 6.07) is 8.39. The molecule has 3 rings (SSSR count). The summed E-state index contributed by atoms with van der Waals surface area (Å²) < 4.78 is 0. The van der Waals surface area contributed by atoms with Crippen molar-refractivity contribution in [1.29, 1.82) is 0 Å². The van der Waals surface area contributed by atoms with Crippen molar-refractivity contribution in [1.82, 2.24) is 20.9 Å².